The fourth-order valence-corrected chi connectivity index (χ4v) is 4.50. The zero-order valence-electron chi connectivity index (χ0n) is 21.7. The number of carbonyl (C=O) groups is 2. The third-order valence-corrected chi connectivity index (χ3v) is 6.01. The highest BCUT2D eigenvalue weighted by Crippen LogP contribution is 2.54. The van der Waals surface area contributed by atoms with E-state index >= 15 is 0 Å². The van der Waals surface area contributed by atoms with Crippen molar-refractivity contribution in [3.05, 3.63) is 0 Å². The Morgan fingerprint density at radius 2 is 1.42 bits per heavy atom. The number of carbonyl (C=O) groups excluding carboxylic acids is 2. The zero-order chi connectivity index (χ0) is 26.2. The minimum absolute atomic E-state index is 0.0272. The first-order chi connectivity index (χ1) is 14.8. The van der Waals surface area contributed by atoms with Crippen LogP contribution in [0.3, 0.4) is 0 Å². The lowest BCUT2D eigenvalue weighted by molar-refractivity contribution is 0.0355. The summed E-state index contributed by atoms with van der Waals surface area (Å²) in [6.07, 6.45) is -1.99. The molecule has 11 nitrogen and oxygen atoms in total. The Morgan fingerprint density at radius 1 is 0.970 bits per heavy atom. The van der Waals surface area contributed by atoms with Crippen LogP contribution in [0.1, 0.15) is 82.1 Å². The van der Waals surface area contributed by atoms with Gasteiger partial charge in [0, 0.05) is 6.54 Å². The molecule has 0 unspecified atom stereocenters. The van der Waals surface area contributed by atoms with Crippen LogP contribution in [-0.2, 0) is 23.1 Å². The van der Waals surface area contributed by atoms with Gasteiger partial charge in [-0.25, -0.2) is 14.5 Å². The van der Waals surface area contributed by atoms with Gasteiger partial charge in [-0.3, -0.25) is 15.3 Å². The summed E-state index contributed by atoms with van der Waals surface area (Å²) in [5.74, 6) is -1.44. The Hall–Kier alpha value is -1.68. The molecule has 0 aromatic heterocycles. The van der Waals surface area contributed by atoms with Crippen molar-refractivity contribution in [3.8, 4) is 0 Å². The highest BCUT2D eigenvalue weighted by molar-refractivity contribution is 7.54. The molecule has 0 heterocycles. The SMILES string of the molecule is CC(C)OP(=O)(OC(C)C)[C@H](N)CCCN(C(=N)NC(=O)OC(C)(C)C)C(=O)OC(C)(C)C. The van der Waals surface area contributed by atoms with Gasteiger partial charge in [0.1, 0.15) is 17.0 Å². The smallest absolute Gasteiger partial charge is 0.417 e. The standard InChI is InChI=1S/C21H43N4O7P/c1-14(2)31-33(28,32-15(3)4)16(22)12-11-13-25(19(27)30-21(8,9)10)17(23)24-18(26)29-20(5,6)7/h14-16H,11-13,22H2,1-10H3,(H2,23,24,26)/t16-/m0/s1. The van der Waals surface area contributed by atoms with Crippen LogP contribution in [-0.4, -0.2) is 58.8 Å². The molecule has 0 saturated carbocycles. The van der Waals surface area contributed by atoms with Gasteiger partial charge >= 0.3 is 19.8 Å². The van der Waals surface area contributed by atoms with Crippen LogP contribution in [0.5, 0.6) is 0 Å². The van der Waals surface area contributed by atoms with Crippen molar-refractivity contribution in [1.82, 2.24) is 10.2 Å². The first-order valence-corrected chi connectivity index (χ1v) is 12.7. The summed E-state index contributed by atoms with van der Waals surface area (Å²) in [5, 5.41) is 10.4. The van der Waals surface area contributed by atoms with E-state index in [1.807, 2.05) is 0 Å². The molecule has 0 aliphatic carbocycles. The monoisotopic (exact) mass is 494 g/mol. The fraction of sp³-hybridized carbons (Fsp3) is 0.857. The molecule has 0 fully saturated rings. The van der Waals surface area contributed by atoms with Crippen molar-refractivity contribution in [1.29, 1.82) is 5.41 Å². The Balaban J connectivity index is 5.36. The van der Waals surface area contributed by atoms with Crippen molar-refractivity contribution in [2.75, 3.05) is 6.54 Å². The van der Waals surface area contributed by atoms with Crippen LogP contribution in [0.2, 0.25) is 0 Å². The van der Waals surface area contributed by atoms with E-state index < -0.39 is 42.7 Å². The van der Waals surface area contributed by atoms with Crippen molar-refractivity contribution in [3.63, 3.8) is 0 Å². The molecule has 0 aromatic carbocycles. The van der Waals surface area contributed by atoms with Crippen LogP contribution < -0.4 is 11.1 Å². The van der Waals surface area contributed by atoms with E-state index in [-0.39, 0.29) is 31.6 Å². The molecule has 194 valence electrons. The average molecular weight is 495 g/mol. The van der Waals surface area contributed by atoms with Crippen LogP contribution >= 0.6 is 7.60 Å². The normalized spacial score (nSPS) is 13.6. The molecule has 0 radical (unpaired) electrons. The second-order valence-electron chi connectivity index (χ2n) is 10.2. The molecule has 2 amide bonds. The van der Waals surface area contributed by atoms with Gasteiger partial charge in [-0.15, -0.1) is 0 Å². The lowest BCUT2D eigenvalue weighted by atomic mass is 10.2. The van der Waals surface area contributed by atoms with Gasteiger partial charge in [0.25, 0.3) is 0 Å². The summed E-state index contributed by atoms with van der Waals surface area (Å²) in [6, 6.07) is 0. The molecule has 0 aliphatic rings. The van der Waals surface area contributed by atoms with Crippen LogP contribution in [0.15, 0.2) is 0 Å². The van der Waals surface area contributed by atoms with E-state index in [4.69, 9.17) is 29.7 Å². The predicted octanol–water partition coefficient (Wildman–Crippen LogP) is 4.79. The molecule has 1 atom stereocenters. The summed E-state index contributed by atoms with van der Waals surface area (Å²) in [5.41, 5.74) is 4.56. The number of rotatable bonds is 9. The van der Waals surface area contributed by atoms with E-state index in [0.29, 0.717) is 0 Å². The highest BCUT2D eigenvalue weighted by atomic mass is 31.2. The molecule has 0 aromatic rings. The molecule has 0 spiro atoms. The van der Waals surface area contributed by atoms with Gasteiger partial charge < -0.3 is 24.3 Å². The first kappa shape index (κ1) is 31.3. The Labute approximate surface area is 198 Å². The number of hydrogen-bond donors (Lipinski definition) is 3. The molecule has 0 rings (SSSR count). The quantitative estimate of drug-likeness (QED) is 0.235. The molecule has 0 aliphatic heterocycles. The van der Waals surface area contributed by atoms with E-state index in [2.05, 4.69) is 5.32 Å². The van der Waals surface area contributed by atoms with E-state index in [0.717, 1.165) is 4.90 Å². The number of amides is 2. The average Bonchev–Trinajstić information content (AvgIpc) is 2.52. The Bertz CT molecular complexity index is 700. The summed E-state index contributed by atoms with van der Waals surface area (Å²) in [4.78, 5) is 25.7. The van der Waals surface area contributed by atoms with Gasteiger partial charge in [0.2, 0.25) is 5.96 Å². The number of hydrogen-bond acceptors (Lipinski definition) is 9. The molecule has 0 saturated heterocycles. The zero-order valence-corrected chi connectivity index (χ0v) is 22.6. The van der Waals surface area contributed by atoms with Crippen LogP contribution in [0.25, 0.3) is 0 Å². The van der Waals surface area contributed by atoms with E-state index in [1.54, 1.807) is 69.2 Å². The van der Waals surface area contributed by atoms with Gasteiger partial charge in [-0.2, -0.15) is 0 Å². The minimum atomic E-state index is -3.61. The predicted molar refractivity (Wildman–Crippen MR) is 127 cm³/mol. The van der Waals surface area contributed by atoms with Crippen molar-refractivity contribution in [2.45, 2.75) is 111 Å². The van der Waals surface area contributed by atoms with E-state index in [9.17, 15) is 14.2 Å². The number of ether oxygens (including phenoxy) is 2. The number of nitrogens with one attached hydrogen (secondary N) is 2. The number of nitrogens with two attached hydrogens (primary N) is 1. The molecule has 33 heavy (non-hydrogen) atoms. The fourth-order valence-electron chi connectivity index (χ4n) is 2.46. The number of alkyl carbamates (subject to hydrolysis) is 1. The maximum atomic E-state index is 13.2. The van der Waals surface area contributed by atoms with Gasteiger partial charge in [-0.1, -0.05) is 0 Å². The Morgan fingerprint density at radius 3 is 1.82 bits per heavy atom. The highest BCUT2D eigenvalue weighted by Gasteiger charge is 2.36. The topological polar surface area (TPSA) is 153 Å². The van der Waals surface area contributed by atoms with Crippen molar-refractivity contribution < 1.29 is 32.7 Å². The largest absolute Gasteiger partial charge is 0.444 e. The third kappa shape index (κ3) is 13.6. The van der Waals surface area contributed by atoms with E-state index in [1.165, 1.54) is 0 Å². The molecular weight excluding hydrogens is 451 g/mol. The lowest BCUT2D eigenvalue weighted by Crippen LogP contribution is -2.49. The van der Waals surface area contributed by atoms with Crippen LogP contribution in [0, 0.1) is 5.41 Å². The second kappa shape index (κ2) is 12.7. The number of nitrogens with zero attached hydrogens (tertiary/aromatic N) is 1. The summed E-state index contributed by atoms with van der Waals surface area (Å²) >= 11 is 0. The summed E-state index contributed by atoms with van der Waals surface area (Å²) in [6.45, 7) is 17.0. The number of guanidine groups is 1. The molecule has 4 N–H and O–H groups in total. The maximum Gasteiger partial charge on any atom is 0.417 e. The van der Waals surface area contributed by atoms with Crippen LogP contribution in [0.4, 0.5) is 9.59 Å². The van der Waals surface area contributed by atoms with Crippen molar-refractivity contribution >= 4 is 25.7 Å². The minimum Gasteiger partial charge on any atom is -0.444 e. The van der Waals surface area contributed by atoms with Gasteiger partial charge in [0.15, 0.2) is 0 Å². The van der Waals surface area contributed by atoms with Gasteiger partial charge in [-0.05, 0) is 82.1 Å². The second-order valence-corrected chi connectivity index (χ2v) is 12.3. The van der Waals surface area contributed by atoms with Crippen molar-refractivity contribution in [2.24, 2.45) is 5.73 Å². The third-order valence-electron chi connectivity index (χ3n) is 3.51. The first-order valence-electron chi connectivity index (χ1n) is 11.1. The summed E-state index contributed by atoms with van der Waals surface area (Å²) in [7, 11) is -3.61. The summed E-state index contributed by atoms with van der Waals surface area (Å²) < 4.78 is 34.7. The maximum absolute atomic E-state index is 13.2. The Kier molecular flexibility index (Phi) is 12.0. The molecule has 12 heteroatoms. The van der Waals surface area contributed by atoms with Gasteiger partial charge in [0.05, 0.1) is 12.2 Å². The lowest BCUT2D eigenvalue weighted by Gasteiger charge is -2.29. The molecular formula is C21H43N4O7P. The molecule has 0 bridgehead atoms.